The highest BCUT2D eigenvalue weighted by Gasteiger charge is 2.23. The van der Waals surface area contributed by atoms with Gasteiger partial charge in [-0.05, 0) is 42.9 Å². The number of carbonyl (C=O) groups is 1. The molecular formula is C17H18N4OS2. The van der Waals surface area contributed by atoms with E-state index in [2.05, 4.69) is 21.9 Å². The van der Waals surface area contributed by atoms with E-state index in [0.717, 1.165) is 23.1 Å². The predicted octanol–water partition coefficient (Wildman–Crippen LogP) is 3.70. The van der Waals surface area contributed by atoms with Gasteiger partial charge in [-0.2, -0.15) is 0 Å². The fourth-order valence-corrected chi connectivity index (χ4v) is 5.31. The first-order valence-electron chi connectivity index (χ1n) is 7.99. The minimum atomic E-state index is 0.0339. The van der Waals surface area contributed by atoms with Crippen LogP contribution in [0.25, 0.3) is 10.2 Å². The van der Waals surface area contributed by atoms with Crippen molar-refractivity contribution in [2.24, 2.45) is 5.92 Å². The molecule has 0 saturated heterocycles. The highest BCUT2D eigenvalue weighted by molar-refractivity contribution is 7.99. The SMILES string of the molecule is CC1CCc2c(sc3nc(SCC(=O)c4ccc[nH]4)nc(N)c23)C1. The predicted molar refractivity (Wildman–Crippen MR) is 98.9 cm³/mol. The zero-order valence-electron chi connectivity index (χ0n) is 13.3. The molecule has 0 amide bonds. The minimum absolute atomic E-state index is 0.0339. The van der Waals surface area contributed by atoms with Crippen molar-refractivity contribution < 1.29 is 4.79 Å². The molecule has 1 unspecified atom stereocenters. The first kappa shape index (κ1) is 15.7. The largest absolute Gasteiger partial charge is 0.383 e. The summed E-state index contributed by atoms with van der Waals surface area (Å²) in [6.07, 6.45) is 5.10. The number of rotatable bonds is 4. The average molecular weight is 358 g/mol. The molecule has 3 heterocycles. The lowest BCUT2D eigenvalue weighted by molar-refractivity contribution is 0.101. The highest BCUT2D eigenvalue weighted by Crippen LogP contribution is 2.39. The van der Waals surface area contributed by atoms with E-state index >= 15 is 0 Å². The molecule has 0 aliphatic heterocycles. The van der Waals surface area contributed by atoms with Gasteiger partial charge < -0.3 is 10.7 Å². The van der Waals surface area contributed by atoms with Crippen molar-refractivity contribution in [2.45, 2.75) is 31.3 Å². The number of aromatic nitrogens is 3. The van der Waals surface area contributed by atoms with Crippen LogP contribution >= 0.6 is 23.1 Å². The topological polar surface area (TPSA) is 84.7 Å². The number of nitrogens with two attached hydrogens (primary N) is 1. The minimum Gasteiger partial charge on any atom is -0.383 e. The molecule has 3 N–H and O–H groups in total. The lowest BCUT2D eigenvalue weighted by atomic mass is 9.89. The standard InChI is InChI=1S/C17H18N4OS2/c1-9-4-5-10-13(7-9)24-16-14(10)15(18)20-17(21-16)23-8-12(22)11-3-2-6-19-11/h2-3,6,9,19H,4-5,7-8H2,1H3,(H2,18,20,21). The number of aromatic amines is 1. The number of ketones is 1. The molecule has 4 rings (SSSR count). The van der Waals surface area contributed by atoms with Crippen LogP contribution in [-0.4, -0.2) is 26.5 Å². The lowest BCUT2D eigenvalue weighted by Gasteiger charge is -2.17. The van der Waals surface area contributed by atoms with Crippen molar-refractivity contribution >= 4 is 44.9 Å². The summed E-state index contributed by atoms with van der Waals surface area (Å²) in [4.78, 5) is 26.4. The van der Waals surface area contributed by atoms with Gasteiger partial charge in [0.15, 0.2) is 10.9 Å². The molecule has 124 valence electrons. The van der Waals surface area contributed by atoms with Gasteiger partial charge in [-0.25, -0.2) is 9.97 Å². The van der Waals surface area contributed by atoms with Crippen molar-refractivity contribution in [1.82, 2.24) is 15.0 Å². The summed E-state index contributed by atoms with van der Waals surface area (Å²) in [7, 11) is 0. The molecule has 1 aliphatic carbocycles. The normalized spacial score (nSPS) is 17.1. The zero-order valence-corrected chi connectivity index (χ0v) is 15.0. The van der Waals surface area contributed by atoms with Crippen LogP contribution in [0.2, 0.25) is 0 Å². The Labute approximate surface area is 148 Å². The van der Waals surface area contributed by atoms with Crippen LogP contribution in [0.15, 0.2) is 23.5 Å². The Morgan fingerprint density at radius 3 is 3.17 bits per heavy atom. The van der Waals surface area contributed by atoms with Crippen LogP contribution in [-0.2, 0) is 12.8 Å². The number of carbonyl (C=O) groups excluding carboxylic acids is 1. The first-order valence-corrected chi connectivity index (χ1v) is 9.79. The molecular weight excluding hydrogens is 340 g/mol. The monoisotopic (exact) mass is 358 g/mol. The van der Waals surface area contributed by atoms with Gasteiger partial charge in [-0.15, -0.1) is 11.3 Å². The molecule has 0 bridgehead atoms. The van der Waals surface area contributed by atoms with Crippen molar-refractivity contribution in [3.63, 3.8) is 0 Å². The molecule has 24 heavy (non-hydrogen) atoms. The number of Topliss-reactive ketones (excluding diaryl/α,β-unsaturated/α-hetero) is 1. The van der Waals surface area contributed by atoms with Crippen molar-refractivity contribution in [2.75, 3.05) is 11.5 Å². The molecule has 3 aromatic rings. The van der Waals surface area contributed by atoms with Gasteiger partial charge >= 0.3 is 0 Å². The summed E-state index contributed by atoms with van der Waals surface area (Å²) in [5.74, 6) is 1.59. The maximum Gasteiger partial charge on any atom is 0.191 e. The Balaban J connectivity index is 1.60. The van der Waals surface area contributed by atoms with E-state index in [1.54, 1.807) is 23.6 Å². The summed E-state index contributed by atoms with van der Waals surface area (Å²) < 4.78 is 0. The van der Waals surface area contributed by atoms with E-state index in [0.29, 0.717) is 28.3 Å². The molecule has 0 spiro atoms. The van der Waals surface area contributed by atoms with Crippen LogP contribution in [0, 0.1) is 5.92 Å². The molecule has 1 atom stereocenters. The number of thiophene rings is 1. The van der Waals surface area contributed by atoms with E-state index < -0.39 is 0 Å². The van der Waals surface area contributed by atoms with Gasteiger partial charge in [0.2, 0.25) is 0 Å². The van der Waals surface area contributed by atoms with Crippen molar-refractivity contribution in [3.05, 3.63) is 34.5 Å². The Kier molecular flexibility index (Phi) is 4.05. The van der Waals surface area contributed by atoms with E-state index in [1.807, 2.05) is 6.07 Å². The smallest absolute Gasteiger partial charge is 0.191 e. The third-order valence-corrected chi connectivity index (χ3v) is 6.39. The van der Waals surface area contributed by atoms with Crippen LogP contribution in [0.4, 0.5) is 5.82 Å². The second kappa shape index (κ2) is 6.22. The zero-order chi connectivity index (χ0) is 16.7. The quantitative estimate of drug-likeness (QED) is 0.422. The molecule has 0 saturated carbocycles. The number of aryl methyl sites for hydroxylation is 1. The fourth-order valence-electron chi connectivity index (χ4n) is 3.13. The maximum absolute atomic E-state index is 12.1. The summed E-state index contributed by atoms with van der Waals surface area (Å²) in [6.45, 7) is 2.29. The number of H-pyrrole nitrogens is 1. The summed E-state index contributed by atoms with van der Waals surface area (Å²) in [5, 5.41) is 1.61. The van der Waals surface area contributed by atoms with E-state index in [4.69, 9.17) is 5.73 Å². The molecule has 5 nitrogen and oxygen atoms in total. The molecule has 7 heteroatoms. The first-order chi connectivity index (χ1) is 11.6. The Morgan fingerprint density at radius 2 is 2.38 bits per heavy atom. The maximum atomic E-state index is 12.1. The van der Waals surface area contributed by atoms with Crippen molar-refractivity contribution in [1.29, 1.82) is 0 Å². The lowest BCUT2D eigenvalue weighted by Crippen LogP contribution is -2.09. The van der Waals surface area contributed by atoms with Crippen molar-refractivity contribution in [3.8, 4) is 0 Å². The molecule has 0 aromatic carbocycles. The van der Waals surface area contributed by atoms with E-state index in [-0.39, 0.29) is 5.78 Å². The summed E-state index contributed by atoms with van der Waals surface area (Å²) in [5.41, 5.74) is 8.16. The van der Waals surface area contributed by atoms with Gasteiger partial charge in [0.1, 0.15) is 10.6 Å². The Hall–Kier alpha value is -1.86. The Bertz CT molecular complexity index is 901. The summed E-state index contributed by atoms with van der Waals surface area (Å²) >= 11 is 3.07. The van der Waals surface area contributed by atoms with Crippen LogP contribution in [0.1, 0.15) is 34.3 Å². The third-order valence-electron chi connectivity index (χ3n) is 4.39. The van der Waals surface area contributed by atoms with Gasteiger partial charge in [0.25, 0.3) is 0 Å². The molecule has 0 radical (unpaired) electrons. The molecule has 1 aliphatic rings. The second-order valence-corrected chi connectivity index (χ2v) is 8.25. The summed E-state index contributed by atoms with van der Waals surface area (Å²) in [6, 6.07) is 3.59. The van der Waals surface area contributed by atoms with Crippen LogP contribution in [0.3, 0.4) is 0 Å². The molecule has 0 fully saturated rings. The van der Waals surface area contributed by atoms with Gasteiger partial charge in [0, 0.05) is 11.1 Å². The third kappa shape index (κ3) is 2.82. The van der Waals surface area contributed by atoms with Crippen LogP contribution in [0.5, 0.6) is 0 Å². The number of nitrogens with zero attached hydrogens (tertiary/aromatic N) is 2. The number of hydrogen-bond donors (Lipinski definition) is 2. The number of anilines is 1. The fraction of sp³-hybridized carbons (Fsp3) is 0.353. The van der Waals surface area contributed by atoms with E-state index in [1.165, 1.54) is 28.6 Å². The van der Waals surface area contributed by atoms with Gasteiger partial charge in [-0.3, -0.25) is 4.79 Å². The van der Waals surface area contributed by atoms with Gasteiger partial charge in [0.05, 0.1) is 16.8 Å². The second-order valence-electron chi connectivity index (χ2n) is 6.22. The van der Waals surface area contributed by atoms with Gasteiger partial charge in [-0.1, -0.05) is 18.7 Å². The number of thioether (sulfide) groups is 1. The molecule has 3 aromatic heterocycles. The Morgan fingerprint density at radius 1 is 1.50 bits per heavy atom. The van der Waals surface area contributed by atoms with Crippen LogP contribution < -0.4 is 5.73 Å². The number of nitrogens with one attached hydrogen (secondary N) is 1. The number of hydrogen-bond acceptors (Lipinski definition) is 6. The number of fused-ring (bicyclic) bond motifs is 3. The highest BCUT2D eigenvalue weighted by atomic mass is 32.2. The number of nitrogen functional groups attached to an aromatic ring is 1. The average Bonchev–Trinajstić information content (AvgIpc) is 3.19. The van der Waals surface area contributed by atoms with E-state index in [9.17, 15) is 4.79 Å².